The first-order chi connectivity index (χ1) is 9.76. The zero-order valence-corrected chi connectivity index (χ0v) is 12.0. The van der Waals surface area contributed by atoms with Gasteiger partial charge in [0.15, 0.2) is 0 Å². The second kappa shape index (κ2) is 7.36. The van der Waals surface area contributed by atoms with Crippen LogP contribution in [0.15, 0.2) is 48.8 Å². The lowest BCUT2D eigenvalue weighted by Crippen LogP contribution is -2.42. The molecule has 0 bridgehead atoms. The van der Waals surface area contributed by atoms with Crippen LogP contribution in [0, 0.1) is 0 Å². The minimum absolute atomic E-state index is 0.0812. The van der Waals surface area contributed by atoms with Gasteiger partial charge in [-0.25, -0.2) is 0 Å². The molecule has 0 amide bonds. The molecule has 0 spiro atoms. The standard InChI is InChI=1S/C15H18ClN3O/c1-20-15(11-5-3-2-4-6-11)14(19-17)9-12-7-8-18-10-13(12)16/h2-8,10,14-15,19H,9,17H2,1H3. The van der Waals surface area contributed by atoms with E-state index in [1.54, 1.807) is 19.5 Å². The summed E-state index contributed by atoms with van der Waals surface area (Å²) in [5, 5.41) is 0.635. The van der Waals surface area contributed by atoms with E-state index in [2.05, 4.69) is 10.4 Å². The maximum absolute atomic E-state index is 6.15. The van der Waals surface area contributed by atoms with Crippen molar-refractivity contribution in [2.45, 2.75) is 18.6 Å². The van der Waals surface area contributed by atoms with E-state index in [9.17, 15) is 0 Å². The van der Waals surface area contributed by atoms with E-state index in [-0.39, 0.29) is 12.1 Å². The first kappa shape index (κ1) is 14.9. The summed E-state index contributed by atoms with van der Waals surface area (Å²) in [5.41, 5.74) is 4.88. The van der Waals surface area contributed by atoms with Crippen molar-refractivity contribution in [3.05, 3.63) is 64.9 Å². The number of pyridine rings is 1. The maximum Gasteiger partial charge on any atom is 0.0990 e. The van der Waals surface area contributed by atoms with Gasteiger partial charge in [-0.3, -0.25) is 16.3 Å². The molecule has 0 saturated carbocycles. The maximum atomic E-state index is 6.15. The van der Waals surface area contributed by atoms with E-state index in [0.717, 1.165) is 11.1 Å². The molecule has 3 N–H and O–H groups in total. The van der Waals surface area contributed by atoms with Gasteiger partial charge in [-0.15, -0.1) is 0 Å². The van der Waals surface area contributed by atoms with Gasteiger partial charge in [0.05, 0.1) is 17.2 Å². The summed E-state index contributed by atoms with van der Waals surface area (Å²) in [5.74, 6) is 5.70. The number of nitrogens with one attached hydrogen (secondary N) is 1. The first-order valence-electron chi connectivity index (χ1n) is 6.38. The van der Waals surface area contributed by atoms with Gasteiger partial charge in [0.25, 0.3) is 0 Å². The molecule has 2 atom stereocenters. The number of rotatable bonds is 6. The third-order valence-electron chi connectivity index (χ3n) is 3.26. The zero-order valence-electron chi connectivity index (χ0n) is 11.3. The quantitative estimate of drug-likeness (QED) is 0.634. The predicted molar refractivity (Wildman–Crippen MR) is 80.3 cm³/mol. The molecule has 2 aromatic rings. The molecule has 0 aliphatic carbocycles. The number of hydrogen-bond acceptors (Lipinski definition) is 4. The second-order valence-corrected chi connectivity index (χ2v) is 4.92. The van der Waals surface area contributed by atoms with Crippen LogP contribution in [-0.2, 0) is 11.2 Å². The van der Waals surface area contributed by atoms with Crippen LogP contribution >= 0.6 is 11.6 Å². The first-order valence-corrected chi connectivity index (χ1v) is 6.76. The summed E-state index contributed by atoms with van der Waals surface area (Å²) >= 11 is 6.15. The van der Waals surface area contributed by atoms with E-state index < -0.39 is 0 Å². The lowest BCUT2D eigenvalue weighted by Gasteiger charge is -2.26. The predicted octanol–water partition coefficient (Wildman–Crippen LogP) is 2.50. The van der Waals surface area contributed by atoms with Crippen LogP contribution in [-0.4, -0.2) is 18.1 Å². The monoisotopic (exact) mass is 291 g/mol. The molecule has 0 aliphatic heterocycles. The summed E-state index contributed by atoms with van der Waals surface area (Å²) in [6, 6.07) is 11.8. The molecule has 2 rings (SSSR count). The second-order valence-electron chi connectivity index (χ2n) is 4.51. The van der Waals surface area contributed by atoms with Gasteiger partial charge < -0.3 is 4.74 Å². The summed E-state index contributed by atoms with van der Waals surface area (Å²) in [4.78, 5) is 3.99. The van der Waals surface area contributed by atoms with Crippen LogP contribution in [0.2, 0.25) is 5.02 Å². The number of nitrogens with two attached hydrogens (primary N) is 1. The fraction of sp³-hybridized carbons (Fsp3) is 0.267. The van der Waals surface area contributed by atoms with Gasteiger partial charge in [-0.05, 0) is 23.6 Å². The Hall–Kier alpha value is -1.46. The van der Waals surface area contributed by atoms with E-state index >= 15 is 0 Å². The van der Waals surface area contributed by atoms with Crippen molar-refractivity contribution >= 4 is 11.6 Å². The van der Waals surface area contributed by atoms with Crippen molar-refractivity contribution in [1.29, 1.82) is 0 Å². The summed E-state index contributed by atoms with van der Waals surface area (Å²) in [6.45, 7) is 0. The number of halogens is 1. The number of hydrogen-bond donors (Lipinski definition) is 2. The molecule has 106 valence electrons. The highest BCUT2D eigenvalue weighted by atomic mass is 35.5. The average molecular weight is 292 g/mol. The van der Waals surface area contributed by atoms with Gasteiger partial charge in [0.2, 0.25) is 0 Å². The van der Waals surface area contributed by atoms with Crippen LogP contribution in [0.5, 0.6) is 0 Å². The van der Waals surface area contributed by atoms with Gasteiger partial charge in [0.1, 0.15) is 0 Å². The van der Waals surface area contributed by atoms with Crippen LogP contribution in [0.3, 0.4) is 0 Å². The summed E-state index contributed by atoms with van der Waals surface area (Å²) in [7, 11) is 1.68. The van der Waals surface area contributed by atoms with Crippen LogP contribution in [0.25, 0.3) is 0 Å². The number of hydrazine groups is 1. The van der Waals surface area contributed by atoms with Crippen molar-refractivity contribution < 1.29 is 4.74 Å². The average Bonchev–Trinajstić information content (AvgIpc) is 2.50. The Morgan fingerprint density at radius 1 is 1.30 bits per heavy atom. The van der Waals surface area contributed by atoms with Gasteiger partial charge in [-0.1, -0.05) is 41.9 Å². The Labute approximate surface area is 123 Å². The Kier molecular flexibility index (Phi) is 5.49. The Morgan fingerprint density at radius 3 is 2.65 bits per heavy atom. The molecule has 20 heavy (non-hydrogen) atoms. The molecule has 2 unspecified atom stereocenters. The van der Waals surface area contributed by atoms with E-state index in [0.29, 0.717) is 11.4 Å². The summed E-state index contributed by atoms with van der Waals surface area (Å²) in [6.07, 6.45) is 3.87. The molecule has 1 aromatic heterocycles. The van der Waals surface area contributed by atoms with Crippen molar-refractivity contribution in [1.82, 2.24) is 10.4 Å². The number of methoxy groups -OCH3 is 1. The fourth-order valence-corrected chi connectivity index (χ4v) is 2.43. The molecule has 1 aromatic carbocycles. The van der Waals surface area contributed by atoms with E-state index in [4.69, 9.17) is 22.2 Å². The highest BCUT2D eigenvalue weighted by Gasteiger charge is 2.23. The van der Waals surface area contributed by atoms with Crippen LogP contribution in [0.1, 0.15) is 17.2 Å². The molecule has 1 heterocycles. The largest absolute Gasteiger partial charge is 0.375 e. The zero-order chi connectivity index (χ0) is 14.4. The minimum Gasteiger partial charge on any atom is -0.375 e. The van der Waals surface area contributed by atoms with Crippen molar-refractivity contribution in [2.75, 3.05) is 7.11 Å². The van der Waals surface area contributed by atoms with Gasteiger partial charge in [-0.2, -0.15) is 0 Å². The highest BCUT2D eigenvalue weighted by molar-refractivity contribution is 6.31. The Balaban J connectivity index is 2.20. The fourth-order valence-electron chi connectivity index (χ4n) is 2.24. The van der Waals surface area contributed by atoms with Crippen LogP contribution in [0.4, 0.5) is 0 Å². The molecule has 5 heteroatoms. The SMILES string of the molecule is COC(c1ccccc1)C(Cc1ccncc1Cl)NN. The van der Waals surface area contributed by atoms with Crippen molar-refractivity contribution in [3.63, 3.8) is 0 Å². The normalized spacial score (nSPS) is 13.9. The molecule has 0 radical (unpaired) electrons. The van der Waals surface area contributed by atoms with E-state index in [1.165, 1.54) is 0 Å². The smallest absolute Gasteiger partial charge is 0.0990 e. The topological polar surface area (TPSA) is 60.2 Å². The molecular formula is C15H18ClN3O. The van der Waals surface area contributed by atoms with Crippen molar-refractivity contribution in [2.24, 2.45) is 5.84 Å². The molecular weight excluding hydrogens is 274 g/mol. The summed E-state index contributed by atoms with van der Waals surface area (Å²) < 4.78 is 5.60. The lowest BCUT2D eigenvalue weighted by atomic mass is 9.97. The molecule has 0 fully saturated rings. The molecule has 0 saturated heterocycles. The number of nitrogens with zero attached hydrogens (tertiary/aromatic N) is 1. The number of aromatic nitrogens is 1. The third-order valence-corrected chi connectivity index (χ3v) is 3.60. The van der Waals surface area contributed by atoms with Crippen molar-refractivity contribution in [3.8, 4) is 0 Å². The number of ether oxygens (including phenoxy) is 1. The third kappa shape index (κ3) is 3.55. The van der Waals surface area contributed by atoms with Gasteiger partial charge in [0, 0.05) is 19.5 Å². The van der Waals surface area contributed by atoms with Crippen LogP contribution < -0.4 is 11.3 Å². The Bertz CT molecular complexity index is 536. The molecule has 0 aliphatic rings. The minimum atomic E-state index is -0.148. The van der Waals surface area contributed by atoms with Gasteiger partial charge >= 0.3 is 0 Å². The van der Waals surface area contributed by atoms with E-state index in [1.807, 2.05) is 36.4 Å². The molecule has 4 nitrogen and oxygen atoms in total. The Morgan fingerprint density at radius 2 is 2.05 bits per heavy atom. The number of benzene rings is 1. The highest BCUT2D eigenvalue weighted by Crippen LogP contribution is 2.24. The lowest BCUT2D eigenvalue weighted by molar-refractivity contribution is 0.0679.